The summed E-state index contributed by atoms with van der Waals surface area (Å²) in [5.74, 6) is 0.335. The number of rotatable bonds is 7. The van der Waals surface area contributed by atoms with E-state index >= 15 is 0 Å². The van der Waals surface area contributed by atoms with Crippen molar-refractivity contribution in [1.82, 2.24) is 4.31 Å². The van der Waals surface area contributed by atoms with E-state index in [0.717, 1.165) is 12.8 Å². The molecular formula is C24H29N3O6S. The molecule has 0 atom stereocenters. The molecular weight excluding hydrogens is 458 g/mol. The Hall–Kier alpha value is -3.11. The number of carbonyl (C=O) groups excluding carboxylic acids is 2. The molecule has 0 saturated carbocycles. The fourth-order valence-corrected chi connectivity index (χ4v) is 5.99. The zero-order valence-electron chi connectivity index (χ0n) is 19.8. The van der Waals surface area contributed by atoms with E-state index in [-0.39, 0.29) is 17.3 Å². The molecule has 0 aliphatic carbocycles. The number of hydrogen-bond acceptors (Lipinski definition) is 6. The minimum Gasteiger partial charge on any atom is -0.497 e. The molecule has 0 unspecified atom stereocenters. The van der Waals surface area contributed by atoms with Crippen LogP contribution in [0.25, 0.3) is 0 Å². The first-order chi connectivity index (χ1) is 16.1. The topological polar surface area (TPSA) is 105 Å². The average Bonchev–Trinajstić information content (AvgIpc) is 3.43. The number of methoxy groups -OCH3 is 2. The molecule has 0 aromatic heterocycles. The second-order valence-electron chi connectivity index (χ2n) is 8.92. The number of nitrogens with one attached hydrogen (secondary N) is 1. The molecule has 0 bridgehead atoms. The molecule has 0 radical (unpaired) electrons. The van der Waals surface area contributed by atoms with Gasteiger partial charge in [-0.3, -0.25) is 9.59 Å². The van der Waals surface area contributed by atoms with Gasteiger partial charge in [0, 0.05) is 24.8 Å². The summed E-state index contributed by atoms with van der Waals surface area (Å²) in [5.41, 5.74) is 0.607. The number of benzene rings is 2. The summed E-state index contributed by atoms with van der Waals surface area (Å²) in [4.78, 5) is 27.7. The molecule has 2 aliphatic heterocycles. The van der Waals surface area contributed by atoms with Crippen molar-refractivity contribution in [2.45, 2.75) is 37.0 Å². The van der Waals surface area contributed by atoms with Gasteiger partial charge in [-0.25, -0.2) is 8.42 Å². The van der Waals surface area contributed by atoms with Crippen LogP contribution in [0, 0.1) is 0 Å². The number of nitrogens with zero attached hydrogens (tertiary/aromatic N) is 2. The molecule has 1 saturated heterocycles. The number of amides is 2. The predicted molar refractivity (Wildman–Crippen MR) is 128 cm³/mol. The lowest BCUT2D eigenvalue weighted by molar-refractivity contribution is -0.124. The zero-order valence-corrected chi connectivity index (χ0v) is 20.6. The van der Waals surface area contributed by atoms with Gasteiger partial charge in [0.05, 0.1) is 30.2 Å². The van der Waals surface area contributed by atoms with Crippen molar-refractivity contribution >= 4 is 33.2 Å². The molecule has 2 aromatic rings. The van der Waals surface area contributed by atoms with E-state index in [4.69, 9.17) is 9.47 Å². The predicted octanol–water partition coefficient (Wildman–Crippen LogP) is 2.75. The van der Waals surface area contributed by atoms with E-state index in [2.05, 4.69) is 5.32 Å². The van der Waals surface area contributed by atoms with E-state index in [9.17, 15) is 18.0 Å². The standard InChI is InChI=1S/C24H29N3O6S/c1-24(2)18-14-17(34(30,31)26-11-5-6-12-26)8-10-20(18)27(23(24)29)15-22(28)25-19-9-7-16(32-3)13-21(19)33-4/h7-10,13-14H,5-6,11-12,15H2,1-4H3,(H,25,28). The van der Waals surface area contributed by atoms with Crippen molar-refractivity contribution in [1.29, 1.82) is 0 Å². The molecule has 2 amide bonds. The first-order valence-electron chi connectivity index (χ1n) is 11.1. The highest BCUT2D eigenvalue weighted by Gasteiger charge is 2.45. The van der Waals surface area contributed by atoms with Crippen molar-refractivity contribution < 1.29 is 27.5 Å². The third-order valence-electron chi connectivity index (χ3n) is 6.40. The normalized spacial score (nSPS) is 17.5. The van der Waals surface area contributed by atoms with Crippen LogP contribution in [0.2, 0.25) is 0 Å². The summed E-state index contributed by atoms with van der Waals surface area (Å²) in [5, 5.41) is 2.78. The van der Waals surface area contributed by atoms with Crippen LogP contribution in [-0.2, 0) is 25.0 Å². The average molecular weight is 488 g/mol. The lowest BCUT2D eigenvalue weighted by atomic mass is 9.86. The molecule has 0 spiro atoms. The van der Waals surface area contributed by atoms with Crippen molar-refractivity contribution in [3.05, 3.63) is 42.0 Å². The van der Waals surface area contributed by atoms with Crippen molar-refractivity contribution in [3.8, 4) is 11.5 Å². The number of fused-ring (bicyclic) bond motifs is 1. The third-order valence-corrected chi connectivity index (χ3v) is 8.29. The Morgan fingerprint density at radius 2 is 1.76 bits per heavy atom. The molecule has 4 rings (SSSR count). The van der Waals surface area contributed by atoms with Crippen LogP contribution in [-0.4, -0.2) is 58.4 Å². The Morgan fingerprint density at radius 3 is 2.41 bits per heavy atom. The lowest BCUT2D eigenvalue weighted by Crippen LogP contribution is -2.40. The Balaban J connectivity index is 1.59. The molecule has 2 heterocycles. The molecule has 9 nitrogen and oxygen atoms in total. The first kappa shape index (κ1) is 24.0. The van der Waals surface area contributed by atoms with Crippen molar-refractivity contribution in [2.24, 2.45) is 0 Å². The molecule has 2 aromatic carbocycles. The Labute approximate surface area is 199 Å². The molecule has 182 valence electrons. The minimum atomic E-state index is -3.62. The lowest BCUT2D eigenvalue weighted by Gasteiger charge is -2.20. The Morgan fingerprint density at radius 1 is 1.06 bits per heavy atom. The first-order valence-corrected chi connectivity index (χ1v) is 12.5. The molecule has 1 N–H and O–H groups in total. The van der Waals surface area contributed by atoms with E-state index in [0.29, 0.717) is 41.5 Å². The zero-order chi connectivity index (χ0) is 24.7. The van der Waals surface area contributed by atoms with Gasteiger partial charge in [-0.1, -0.05) is 0 Å². The molecule has 10 heteroatoms. The highest BCUT2D eigenvalue weighted by atomic mass is 32.2. The van der Waals surface area contributed by atoms with E-state index in [1.807, 2.05) is 0 Å². The fraction of sp³-hybridized carbons (Fsp3) is 0.417. The SMILES string of the molecule is COc1ccc(NC(=O)CN2C(=O)C(C)(C)c3cc(S(=O)(=O)N4CCCC4)ccc32)c(OC)c1. The maximum Gasteiger partial charge on any atom is 0.244 e. The summed E-state index contributed by atoms with van der Waals surface area (Å²) < 4.78 is 38.0. The number of carbonyl (C=O) groups is 2. The van der Waals surface area contributed by atoms with Crippen LogP contribution in [0.5, 0.6) is 11.5 Å². The van der Waals surface area contributed by atoms with E-state index in [1.165, 1.54) is 29.5 Å². The number of ether oxygens (including phenoxy) is 2. The summed E-state index contributed by atoms with van der Waals surface area (Å²) in [6.07, 6.45) is 1.69. The quantitative estimate of drug-likeness (QED) is 0.644. The number of anilines is 2. The Bertz CT molecular complexity index is 1240. The van der Waals surface area contributed by atoms with Gasteiger partial charge in [0.1, 0.15) is 18.0 Å². The smallest absolute Gasteiger partial charge is 0.244 e. The van der Waals surface area contributed by atoms with Crippen molar-refractivity contribution in [2.75, 3.05) is 44.1 Å². The molecule has 1 fully saturated rings. The van der Waals surface area contributed by atoms with Gasteiger partial charge in [0.15, 0.2) is 0 Å². The molecule has 2 aliphatic rings. The van der Waals surface area contributed by atoms with Gasteiger partial charge >= 0.3 is 0 Å². The highest BCUT2D eigenvalue weighted by molar-refractivity contribution is 7.89. The van der Waals surface area contributed by atoms with Gasteiger partial charge in [-0.05, 0) is 62.6 Å². The van der Waals surface area contributed by atoms with Gasteiger partial charge in [0.25, 0.3) is 0 Å². The van der Waals surface area contributed by atoms with Crippen LogP contribution in [0.1, 0.15) is 32.3 Å². The van der Waals surface area contributed by atoms with Crippen molar-refractivity contribution in [3.63, 3.8) is 0 Å². The Kier molecular flexibility index (Phi) is 6.30. The van der Waals surface area contributed by atoms with E-state index in [1.54, 1.807) is 44.2 Å². The summed E-state index contributed by atoms with van der Waals surface area (Å²) in [7, 11) is -0.601. The van der Waals surface area contributed by atoms with Gasteiger partial charge in [-0.2, -0.15) is 4.31 Å². The van der Waals surface area contributed by atoms with Crippen LogP contribution in [0.3, 0.4) is 0 Å². The van der Waals surface area contributed by atoms with Crippen LogP contribution in [0.15, 0.2) is 41.3 Å². The van der Waals surface area contributed by atoms with Crippen LogP contribution >= 0.6 is 0 Å². The summed E-state index contributed by atoms with van der Waals surface area (Å²) in [6.45, 7) is 4.27. The maximum absolute atomic E-state index is 13.2. The maximum atomic E-state index is 13.2. The van der Waals surface area contributed by atoms with E-state index < -0.39 is 21.3 Å². The van der Waals surface area contributed by atoms with Crippen LogP contribution in [0.4, 0.5) is 11.4 Å². The minimum absolute atomic E-state index is 0.170. The summed E-state index contributed by atoms with van der Waals surface area (Å²) >= 11 is 0. The number of hydrogen-bond donors (Lipinski definition) is 1. The highest BCUT2D eigenvalue weighted by Crippen LogP contribution is 2.43. The van der Waals surface area contributed by atoms with Gasteiger partial charge in [0.2, 0.25) is 21.8 Å². The monoisotopic (exact) mass is 487 g/mol. The summed E-state index contributed by atoms with van der Waals surface area (Å²) in [6, 6.07) is 9.71. The second-order valence-corrected chi connectivity index (χ2v) is 10.9. The second kappa shape index (κ2) is 8.92. The van der Waals surface area contributed by atoms with Crippen LogP contribution < -0.4 is 19.7 Å². The van der Waals surface area contributed by atoms with Gasteiger partial charge < -0.3 is 19.7 Å². The van der Waals surface area contributed by atoms with Gasteiger partial charge in [-0.15, -0.1) is 0 Å². The fourth-order valence-electron chi connectivity index (χ4n) is 4.44. The third kappa shape index (κ3) is 4.12. The number of sulfonamides is 1. The molecule has 34 heavy (non-hydrogen) atoms. The largest absolute Gasteiger partial charge is 0.497 e.